The topological polar surface area (TPSA) is 86.1 Å². The molecule has 7 nitrogen and oxygen atoms in total. The van der Waals surface area contributed by atoms with E-state index in [0.29, 0.717) is 28.2 Å². The number of benzene rings is 2. The second-order valence-electron chi connectivity index (χ2n) is 7.50. The molecule has 0 amide bonds. The van der Waals surface area contributed by atoms with E-state index >= 15 is 0 Å². The SMILES string of the molecule is CCN1CCc2ccc(Nc3ncc(Cl)c(Nc4ccccc4OCC#N)n3)cc2CC1. The van der Waals surface area contributed by atoms with Crippen molar-refractivity contribution in [3.63, 3.8) is 0 Å². The van der Waals surface area contributed by atoms with Gasteiger partial charge in [0, 0.05) is 18.8 Å². The fourth-order valence-corrected chi connectivity index (χ4v) is 3.88. The first-order valence-electron chi connectivity index (χ1n) is 10.7. The first-order chi connectivity index (χ1) is 15.7. The third-order valence-corrected chi connectivity index (χ3v) is 5.76. The van der Waals surface area contributed by atoms with Crippen molar-refractivity contribution in [2.24, 2.45) is 0 Å². The highest BCUT2D eigenvalue weighted by Crippen LogP contribution is 2.31. The molecule has 0 unspecified atom stereocenters. The number of para-hydroxylation sites is 2. The molecule has 0 radical (unpaired) electrons. The van der Waals surface area contributed by atoms with Gasteiger partial charge < -0.3 is 20.3 Å². The predicted octanol–water partition coefficient (Wildman–Crippen LogP) is 4.94. The van der Waals surface area contributed by atoms with Crippen LogP contribution in [0.25, 0.3) is 0 Å². The molecule has 164 valence electrons. The van der Waals surface area contributed by atoms with Crippen LogP contribution in [0, 0.1) is 11.3 Å². The minimum Gasteiger partial charge on any atom is -0.477 e. The van der Waals surface area contributed by atoms with Crippen LogP contribution < -0.4 is 15.4 Å². The predicted molar refractivity (Wildman–Crippen MR) is 127 cm³/mol. The number of nitrogens with one attached hydrogen (secondary N) is 2. The second-order valence-corrected chi connectivity index (χ2v) is 7.91. The molecule has 0 saturated heterocycles. The number of hydrogen-bond acceptors (Lipinski definition) is 7. The van der Waals surface area contributed by atoms with E-state index in [-0.39, 0.29) is 6.61 Å². The number of hydrogen-bond donors (Lipinski definition) is 2. The Morgan fingerprint density at radius 3 is 2.75 bits per heavy atom. The molecule has 0 saturated carbocycles. The number of likely N-dealkylation sites (N-methyl/N-ethyl adjacent to an activating group) is 1. The molecular formula is C24H25ClN6O. The van der Waals surface area contributed by atoms with Crippen LogP contribution in [0.15, 0.2) is 48.7 Å². The maximum Gasteiger partial charge on any atom is 0.229 e. The summed E-state index contributed by atoms with van der Waals surface area (Å²) in [6, 6.07) is 15.7. The van der Waals surface area contributed by atoms with Gasteiger partial charge in [-0.15, -0.1) is 0 Å². The van der Waals surface area contributed by atoms with Crippen LogP contribution in [0.5, 0.6) is 5.75 Å². The van der Waals surface area contributed by atoms with Gasteiger partial charge in [-0.25, -0.2) is 4.98 Å². The number of rotatable bonds is 7. The van der Waals surface area contributed by atoms with Gasteiger partial charge in [-0.05, 0) is 54.8 Å². The minimum atomic E-state index is -0.0443. The summed E-state index contributed by atoms with van der Waals surface area (Å²) in [7, 11) is 0. The van der Waals surface area contributed by atoms with E-state index in [1.165, 1.54) is 11.1 Å². The van der Waals surface area contributed by atoms with E-state index in [0.717, 1.165) is 38.2 Å². The smallest absolute Gasteiger partial charge is 0.229 e. The molecule has 1 aromatic heterocycles. The summed E-state index contributed by atoms with van der Waals surface area (Å²) in [5, 5.41) is 15.7. The Morgan fingerprint density at radius 2 is 1.94 bits per heavy atom. The lowest BCUT2D eigenvalue weighted by Gasteiger charge is -2.16. The molecule has 1 aliphatic heterocycles. The van der Waals surface area contributed by atoms with Gasteiger partial charge in [-0.3, -0.25) is 0 Å². The number of fused-ring (bicyclic) bond motifs is 1. The summed E-state index contributed by atoms with van der Waals surface area (Å²) in [5.74, 6) is 1.44. The Morgan fingerprint density at radius 1 is 1.12 bits per heavy atom. The Bertz CT molecular complexity index is 1130. The lowest BCUT2D eigenvalue weighted by Crippen LogP contribution is -2.25. The zero-order valence-electron chi connectivity index (χ0n) is 17.9. The van der Waals surface area contributed by atoms with Crippen LogP contribution in [0.4, 0.5) is 23.1 Å². The van der Waals surface area contributed by atoms with Gasteiger partial charge in [0.25, 0.3) is 0 Å². The van der Waals surface area contributed by atoms with Gasteiger partial charge in [-0.2, -0.15) is 10.2 Å². The molecule has 2 aromatic carbocycles. The third kappa shape index (κ3) is 5.28. The summed E-state index contributed by atoms with van der Waals surface area (Å²) in [5.41, 5.74) is 4.38. The van der Waals surface area contributed by atoms with Crippen LogP contribution in [0.3, 0.4) is 0 Å². The largest absolute Gasteiger partial charge is 0.477 e. The first kappa shape index (κ1) is 21.9. The Balaban J connectivity index is 1.52. The molecule has 4 rings (SSSR count). The van der Waals surface area contributed by atoms with Crippen molar-refractivity contribution in [2.45, 2.75) is 19.8 Å². The Labute approximate surface area is 193 Å². The monoisotopic (exact) mass is 448 g/mol. The summed E-state index contributed by atoms with van der Waals surface area (Å²) < 4.78 is 5.47. The molecule has 2 N–H and O–H groups in total. The quantitative estimate of drug-likeness (QED) is 0.529. The number of nitriles is 1. The molecule has 0 atom stereocenters. The lowest BCUT2D eigenvalue weighted by molar-refractivity contribution is 0.303. The van der Waals surface area contributed by atoms with Crippen molar-refractivity contribution in [3.05, 3.63) is 64.8 Å². The van der Waals surface area contributed by atoms with Gasteiger partial charge in [0.15, 0.2) is 12.4 Å². The maximum absolute atomic E-state index is 8.80. The molecule has 3 aromatic rings. The third-order valence-electron chi connectivity index (χ3n) is 5.48. The van der Waals surface area contributed by atoms with Crippen molar-refractivity contribution in [1.29, 1.82) is 5.26 Å². The van der Waals surface area contributed by atoms with E-state index in [1.807, 2.05) is 24.3 Å². The molecular weight excluding hydrogens is 424 g/mol. The van der Waals surface area contributed by atoms with Gasteiger partial charge in [-0.1, -0.05) is 36.7 Å². The molecule has 0 spiro atoms. The number of nitrogens with zero attached hydrogens (tertiary/aromatic N) is 4. The number of halogens is 1. The highest BCUT2D eigenvalue weighted by molar-refractivity contribution is 6.32. The highest BCUT2D eigenvalue weighted by atomic mass is 35.5. The van der Waals surface area contributed by atoms with Crippen LogP contribution in [0.1, 0.15) is 18.1 Å². The van der Waals surface area contributed by atoms with Gasteiger partial charge >= 0.3 is 0 Å². The van der Waals surface area contributed by atoms with E-state index in [4.69, 9.17) is 21.6 Å². The molecule has 32 heavy (non-hydrogen) atoms. The van der Waals surface area contributed by atoms with E-state index < -0.39 is 0 Å². The van der Waals surface area contributed by atoms with Gasteiger partial charge in [0.05, 0.1) is 11.9 Å². The van der Waals surface area contributed by atoms with Crippen LogP contribution in [0.2, 0.25) is 5.02 Å². The normalized spacial score (nSPS) is 13.5. The minimum absolute atomic E-state index is 0.0443. The van der Waals surface area contributed by atoms with Crippen molar-refractivity contribution in [1.82, 2.24) is 14.9 Å². The zero-order valence-corrected chi connectivity index (χ0v) is 18.7. The number of aromatic nitrogens is 2. The van der Waals surface area contributed by atoms with E-state index in [2.05, 4.69) is 50.6 Å². The lowest BCUT2D eigenvalue weighted by atomic mass is 10.0. The molecule has 0 fully saturated rings. The van der Waals surface area contributed by atoms with Crippen molar-refractivity contribution in [2.75, 3.05) is 36.9 Å². The summed E-state index contributed by atoms with van der Waals surface area (Å²) in [6.07, 6.45) is 3.66. The molecule has 0 aliphatic carbocycles. The second kappa shape index (κ2) is 10.3. The van der Waals surface area contributed by atoms with Crippen LogP contribution in [-0.2, 0) is 12.8 Å². The summed E-state index contributed by atoms with van der Waals surface area (Å²) in [6.45, 7) is 5.42. The summed E-state index contributed by atoms with van der Waals surface area (Å²) in [4.78, 5) is 11.4. The zero-order chi connectivity index (χ0) is 22.3. The van der Waals surface area contributed by atoms with Crippen LogP contribution >= 0.6 is 11.6 Å². The van der Waals surface area contributed by atoms with E-state index in [1.54, 1.807) is 12.3 Å². The van der Waals surface area contributed by atoms with Crippen molar-refractivity contribution in [3.8, 4) is 11.8 Å². The number of ether oxygens (including phenoxy) is 1. The van der Waals surface area contributed by atoms with Gasteiger partial charge in [0.2, 0.25) is 5.95 Å². The molecule has 2 heterocycles. The summed E-state index contributed by atoms with van der Waals surface area (Å²) >= 11 is 6.33. The Hall–Kier alpha value is -3.34. The number of anilines is 4. The standard InChI is InChI=1S/C24H25ClN6O/c1-2-31-12-9-17-7-8-19(15-18(17)10-13-31)28-24-27-16-20(25)23(30-24)29-21-5-3-4-6-22(21)32-14-11-26/h3-8,15-16H,2,9-10,12-14H2,1H3,(H2,27,28,29,30). The molecule has 0 bridgehead atoms. The average molecular weight is 449 g/mol. The van der Waals surface area contributed by atoms with Crippen LogP contribution in [-0.4, -0.2) is 41.1 Å². The average Bonchev–Trinajstić information content (AvgIpc) is 3.02. The highest BCUT2D eigenvalue weighted by Gasteiger charge is 2.14. The van der Waals surface area contributed by atoms with Crippen molar-refractivity contribution >= 4 is 34.7 Å². The van der Waals surface area contributed by atoms with Crippen molar-refractivity contribution < 1.29 is 4.74 Å². The fourth-order valence-electron chi connectivity index (χ4n) is 3.74. The Kier molecular flexibility index (Phi) is 7.05. The molecule has 1 aliphatic rings. The van der Waals surface area contributed by atoms with E-state index in [9.17, 15) is 0 Å². The first-order valence-corrected chi connectivity index (χ1v) is 11.0. The van der Waals surface area contributed by atoms with Gasteiger partial charge in [0.1, 0.15) is 16.8 Å². The molecule has 8 heteroatoms. The maximum atomic E-state index is 8.80. The fraction of sp³-hybridized carbons (Fsp3) is 0.292.